The van der Waals surface area contributed by atoms with E-state index in [2.05, 4.69) is 10.3 Å². The van der Waals surface area contributed by atoms with Crippen LogP contribution in [0.25, 0.3) is 16.9 Å². The quantitative estimate of drug-likeness (QED) is 0.264. The number of ether oxygens (including phenoxy) is 2. The third-order valence-electron chi connectivity index (χ3n) is 6.70. The Kier molecular flexibility index (Phi) is 9.01. The van der Waals surface area contributed by atoms with Gasteiger partial charge in [-0.15, -0.1) is 0 Å². The molecule has 0 radical (unpaired) electrons. The van der Waals surface area contributed by atoms with Crippen LogP contribution in [0.3, 0.4) is 0 Å². The fraction of sp³-hybridized carbons (Fsp3) is 0.258. The molecule has 0 aliphatic heterocycles. The number of nitrogens with one attached hydrogen (secondary N) is 1. The monoisotopic (exact) mass is 562 g/mol. The average Bonchev–Trinajstić information content (AvgIpc) is 3.38. The van der Waals surface area contributed by atoms with Gasteiger partial charge in [0.05, 0.1) is 25.8 Å². The van der Waals surface area contributed by atoms with Crippen LogP contribution in [0.2, 0.25) is 0 Å². The van der Waals surface area contributed by atoms with Crippen LogP contribution in [0.5, 0.6) is 11.5 Å². The third-order valence-corrected chi connectivity index (χ3v) is 6.70. The molecule has 0 spiro atoms. The lowest BCUT2D eigenvalue weighted by Gasteiger charge is -2.29. The molecule has 1 atom stereocenters. The summed E-state index contributed by atoms with van der Waals surface area (Å²) in [4.78, 5) is 32.9. The summed E-state index contributed by atoms with van der Waals surface area (Å²) in [6.07, 6.45) is 1.67. The van der Waals surface area contributed by atoms with Crippen molar-refractivity contribution in [2.75, 3.05) is 26.1 Å². The summed E-state index contributed by atoms with van der Waals surface area (Å²) in [7, 11) is 3.06. The standard InChI is InChI=1S/C31H32F2N4O4/c1-19(2)36(30(39)20(3)22-8-15-27(40-4)28(16-22)41-5)18-29(38)35-31-34-26(21-6-9-23(32)10-7-21)17-37(31)25-13-11-24(33)12-14-25/h6-17,19-20H,18H2,1-5H3,(H,34,35,38). The van der Waals surface area contributed by atoms with Gasteiger partial charge in [-0.25, -0.2) is 13.8 Å². The van der Waals surface area contributed by atoms with E-state index in [0.717, 1.165) is 5.56 Å². The van der Waals surface area contributed by atoms with E-state index in [1.807, 2.05) is 13.8 Å². The summed E-state index contributed by atoms with van der Waals surface area (Å²) in [6, 6.07) is 16.5. The highest BCUT2D eigenvalue weighted by atomic mass is 19.1. The van der Waals surface area contributed by atoms with Gasteiger partial charge in [0, 0.05) is 23.5 Å². The van der Waals surface area contributed by atoms with Crippen molar-refractivity contribution >= 4 is 17.8 Å². The highest BCUT2D eigenvalue weighted by Crippen LogP contribution is 2.31. The molecule has 0 bridgehead atoms. The molecule has 10 heteroatoms. The van der Waals surface area contributed by atoms with E-state index in [9.17, 15) is 18.4 Å². The Labute approximate surface area is 237 Å². The van der Waals surface area contributed by atoms with Gasteiger partial charge in [0.15, 0.2) is 11.5 Å². The molecule has 1 N–H and O–H groups in total. The Balaban J connectivity index is 1.58. The molecule has 41 heavy (non-hydrogen) atoms. The molecule has 2 amide bonds. The molecule has 1 aromatic heterocycles. The number of aromatic nitrogens is 2. The first kappa shape index (κ1) is 29.3. The van der Waals surface area contributed by atoms with Crippen molar-refractivity contribution in [1.82, 2.24) is 14.5 Å². The number of methoxy groups -OCH3 is 2. The van der Waals surface area contributed by atoms with E-state index in [1.54, 1.807) is 60.2 Å². The van der Waals surface area contributed by atoms with Crippen LogP contribution < -0.4 is 14.8 Å². The average molecular weight is 563 g/mol. The summed E-state index contributed by atoms with van der Waals surface area (Å²) in [5.74, 6) is -0.839. The van der Waals surface area contributed by atoms with Gasteiger partial charge in [-0.2, -0.15) is 0 Å². The van der Waals surface area contributed by atoms with Crippen molar-refractivity contribution in [3.05, 3.63) is 90.1 Å². The molecule has 0 saturated carbocycles. The third kappa shape index (κ3) is 6.71. The van der Waals surface area contributed by atoms with Gasteiger partial charge in [-0.05, 0) is 87.0 Å². The van der Waals surface area contributed by atoms with Crippen LogP contribution in [-0.4, -0.2) is 53.1 Å². The maximum Gasteiger partial charge on any atom is 0.246 e. The number of carbonyl (C=O) groups excluding carboxylic acids is 2. The van der Waals surface area contributed by atoms with Gasteiger partial charge < -0.3 is 14.4 Å². The maximum absolute atomic E-state index is 13.6. The normalized spacial score (nSPS) is 11.7. The molecule has 1 heterocycles. The summed E-state index contributed by atoms with van der Waals surface area (Å²) >= 11 is 0. The molecule has 0 saturated heterocycles. The second-order valence-corrected chi connectivity index (χ2v) is 9.75. The number of carbonyl (C=O) groups is 2. The molecule has 214 valence electrons. The second kappa shape index (κ2) is 12.6. The molecule has 0 aliphatic carbocycles. The molecule has 1 unspecified atom stereocenters. The number of halogens is 2. The molecule has 4 aromatic rings. The number of anilines is 1. The number of rotatable bonds is 10. The summed E-state index contributed by atoms with van der Waals surface area (Å²) in [5, 5.41) is 2.79. The fourth-order valence-corrected chi connectivity index (χ4v) is 4.37. The second-order valence-electron chi connectivity index (χ2n) is 9.75. The van der Waals surface area contributed by atoms with Gasteiger partial charge in [-0.3, -0.25) is 19.5 Å². The van der Waals surface area contributed by atoms with Gasteiger partial charge in [0.1, 0.15) is 18.2 Å². The molecular weight excluding hydrogens is 530 g/mol. The lowest BCUT2D eigenvalue weighted by molar-refractivity contribution is -0.137. The Morgan fingerprint density at radius 2 is 1.51 bits per heavy atom. The highest BCUT2D eigenvalue weighted by molar-refractivity contribution is 5.95. The number of hydrogen-bond donors (Lipinski definition) is 1. The number of hydrogen-bond acceptors (Lipinski definition) is 5. The Hall–Kier alpha value is -4.73. The summed E-state index contributed by atoms with van der Waals surface area (Å²) in [5.41, 5.74) is 2.38. The Bertz CT molecular complexity index is 1520. The predicted molar refractivity (Wildman–Crippen MR) is 152 cm³/mol. The SMILES string of the molecule is COc1ccc(C(C)C(=O)N(CC(=O)Nc2nc(-c3ccc(F)cc3)cn2-c2ccc(F)cc2)C(C)C)cc1OC. The zero-order valence-corrected chi connectivity index (χ0v) is 23.5. The first-order valence-corrected chi connectivity index (χ1v) is 13.0. The Morgan fingerprint density at radius 1 is 0.902 bits per heavy atom. The largest absolute Gasteiger partial charge is 0.493 e. The number of amides is 2. The van der Waals surface area contributed by atoms with Crippen molar-refractivity contribution < 1.29 is 27.8 Å². The zero-order chi connectivity index (χ0) is 29.7. The molecule has 3 aromatic carbocycles. The lowest BCUT2D eigenvalue weighted by Crippen LogP contribution is -2.44. The molecule has 8 nitrogen and oxygen atoms in total. The topological polar surface area (TPSA) is 85.7 Å². The van der Waals surface area contributed by atoms with E-state index in [1.165, 1.54) is 43.4 Å². The van der Waals surface area contributed by atoms with Crippen molar-refractivity contribution in [1.29, 1.82) is 0 Å². The molecule has 0 fully saturated rings. The zero-order valence-electron chi connectivity index (χ0n) is 23.5. The lowest BCUT2D eigenvalue weighted by atomic mass is 9.98. The van der Waals surface area contributed by atoms with Crippen LogP contribution in [-0.2, 0) is 9.59 Å². The number of benzene rings is 3. The van der Waals surface area contributed by atoms with Crippen LogP contribution >= 0.6 is 0 Å². The maximum atomic E-state index is 13.6. The van der Waals surface area contributed by atoms with E-state index >= 15 is 0 Å². The molecular formula is C31H32F2N4O4. The van der Waals surface area contributed by atoms with Gasteiger partial charge in [-0.1, -0.05) is 6.07 Å². The van der Waals surface area contributed by atoms with Crippen LogP contribution in [0.1, 0.15) is 32.3 Å². The van der Waals surface area contributed by atoms with Crippen molar-refractivity contribution in [3.63, 3.8) is 0 Å². The first-order valence-electron chi connectivity index (χ1n) is 13.0. The minimum absolute atomic E-state index is 0.171. The highest BCUT2D eigenvalue weighted by Gasteiger charge is 2.27. The van der Waals surface area contributed by atoms with E-state index in [4.69, 9.17) is 9.47 Å². The van der Waals surface area contributed by atoms with Gasteiger partial charge in [0.25, 0.3) is 0 Å². The predicted octanol–water partition coefficient (Wildman–Crippen LogP) is 5.81. The number of imidazole rings is 1. The van der Waals surface area contributed by atoms with Crippen LogP contribution in [0.15, 0.2) is 72.9 Å². The summed E-state index contributed by atoms with van der Waals surface area (Å²) < 4.78 is 39.4. The van der Waals surface area contributed by atoms with Crippen molar-refractivity contribution in [3.8, 4) is 28.4 Å². The smallest absolute Gasteiger partial charge is 0.246 e. The van der Waals surface area contributed by atoms with E-state index in [0.29, 0.717) is 28.4 Å². The van der Waals surface area contributed by atoms with E-state index < -0.39 is 17.6 Å². The van der Waals surface area contributed by atoms with Gasteiger partial charge >= 0.3 is 0 Å². The molecule has 4 rings (SSSR count). The minimum Gasteiger partial charge on any atom is -0.493 e. The van der Waals surface area contributed by atoms with Gasteiger partial charge in [0.2, 0.25) is 17.8 Å². The van der Waals surface area contributed by atoms with Crippen LogP contribution in [0, 0.1) is 11.6 Å². The van der Waals surface area contributed by atoms with Crippen molar-refractivity contribution in [2.24, 2.45) is 0 Å². The minimum atomic E-state index is -0.559. The molecule has 0 aliphatic rings. The number of nitrogens with zero attached hydrogens (tertiary/aromatic N) is 3. The van der Waals surface area contributed by atoms with Crippen LogP contribution in [0.4, 0.5) is 14.7 Å². The fourth-order valence-electron chi connectivity index (χ4n) is 4.37. The van der Waals surface area contributed by atoms with Crippen molar-refractivity contribution in [2.45, 2.75) is 32.7 Å². The first-order chi connectivity index (χ1) is 19.6. The summed E-state index contributed by atoms with van der Waals surface area (Å²) in [6.45, 7) is 5.21. The Morgan fingerprint density at radius 3 is 2.10 bits per heavy atom. The van der Waals surface area contributed by atoms with E-state index in [-0.39, 0.29) is 30.3 Å².